The number of nitrogens with zero attached hydrogens (tertiary/aromatic N) is 1. The van der Waals surface area contributed by atoms with Gasteiger partial charge in [0.1, 0.15) is 0 Å². The van der Waals surface area contributed by atoms with E-state index < -0.39 is 0 Å². The minimum absolute atomic E-state index is 0.172. The Labute approximate surface area is 110 Å². The number of carbonyl (C=O) groups excluding carboxylic acids is 1. The van der Waals surface area contributed by atoms with Gasteiger partial charge >= 0.3 is 0 Å². The molecule has 1 aliphatic heterocycles. The molecule has 3 fully saturated rings. The van der Waals surface area contributed by atoms with Gasteiger partial charge in [-0.25, -0.2) is 0 Å². The quantitative estimate of drug-likeness (QED) is 0.835. The van der Waals surface area contributed by atoms with Crippen LogP contribution in [0.1, 0.15) is 64.7 Å². The lowest BCUT2D eigenvalue weighted by atomic mass is 9.97. The van der Waals surface area contributed by atoms with Crippen LogP contribution in [0.25, 0.3) is 0 Å². The second kappa shape index (κ2) is 4.84. The average molecular weight is 250 g/mol. The zero-order valence-corrected chi connectivity index (χ0v) is 11.6. The maximum Gasteiger partial charge on any atom is 0.244 e. The zero-order valence-electron chi connectivity index (χ0n) is 11.6. The number of carbonyl (C=O) groups is 1. The first kappa shape index (κ1) is 12.5. The van der Waals surface area contributed by atoms with Crippen LogP contribution >= 0.6 is 0 Å². The summed E-state index contributed by atoms with van der Waals surface area (Å²) in [5.74, 6) is 1.27. The van der Waals surface area contributed by atoms with Gasteiger partial charge in [0, 0.05) is 6.54 Å². The SMILES string of the molecule is CC1NC2(CCCC2)C(=O)N1CCC1CCCC1. The Balaban J connectivity index is 1.59. The average Bonchev–Trinajstić information content (AvgIpc) is 3.03. The van der Waals surface area contributed by atoms with Crippen molar-refractivity contribution in [2.24, 2.45) is 5.92 Å². The van der Waals surface area contributed by atoms with Gasteiger partial charge < -0.3 is 4.90 Å². The maximum atomic E-state index is 12.6. The third-order valence-corrected chi connectivity index (χ3v) is 5.33. The molecule has 1 atom stereocenters. The molecule has 1 saturated heterocycles. The number of hydrogen-bond donors (Lipinski definition) is 1. The third-order valence-electron chi connectivity index (χ3n) is 5.33. The molecule has 2 aliphatic carbocycles. The second-order valence-electron chi connectivity index (χ2n) is 6.55. The Morgan fingerprint density at radius 1 is 1.22 bits per heavy atom. The summed E-state index contributed by atoms with van der Waals surface area (Å²) in [4.78, 5) is 14.7. The molecule has 3 rings (SSSR count). The van der Waals surface area contributed by atoms with Crippen LogP contribution in [0.4, 0.5) is 0 Å². The van der Waals surface area contributed by atoms with Crippen molar-refractivity contribution in [3.05, 3.63) is 0 Å². The standard InChI is InChI=1S/C15H26N2O/c1-12-16-15(9-4-5-10-15)14(18)17(12)11-8-13-6-2-3-7-13/h12-13,16H,2-11H2,1H3. The molecule has 1 N–H and O–H groups in total. The van der Waals surface area contributed by atoms with E-state index >= 15 is 0 Å². The maximum absolute atomic E-state index is 12.6. The molecule has 1 unspecified atom stereocenters. The van der Waals surface area contributed by atoms with Gasteiger partial charge in [-0.1, -0.05) is 38.5 Å². The molecular formula is C15H26N2O. The highest BCUT2D eigenvalue weighted by molar-refractivity contribution is 5.89. The topological polar surface area (TPSA) is 32.3 Å². The smallest absolute Gasteiger partial charge is 0.244 e. The fraction of sp³-hybridized carbons (Fsp3) is 0.933. The van der Waals surface area contributed by atoms with E-state index in [4.69, 9.17) is 0 Å². The summed E-state index contributed by atoms with van der Waals surface area (Å²) in [5.41, 5.74) is -0.172. The van der Waals surface area contributed by atoms with Crippen molar-refractivity contribution in [2.45, 2.75) is 76.4 Å². The Morgan fingerprint density at radius 2 is 1.89 bits per heavy atom. The van der Waals surface area contributed by atoms with Crippen LogP contribution in [0.15, 0.2) is 0 Å². The number of rotatable bonds is 3. The lowest BCUT2D eigenvalue weighted by molar-refractivity contribution is -0.133. The van der Waals surface area contributed by atoms with Crippen LogP contribution in [-0.2, 0) is 4.79 Å². The first-order valence-electron chi connectivity index (χ1n) is 7.80. The molecule has 3 heteroatoms. The summed E-state index contributed by atoms with van der Waals surface area (Å²) < 4.78 is 0. The first-order chi connectivity index (χ1) is 8.71. The predicted molar refractivity (Wildman–Crippen MR) is 72.1 cm³/mol. The Hall–Kier alpha value is -0.570. The molecule has 2 saturated carbocycles. The van der Waals surface area contributed by atoms with E-state index in [0.29, 0.717) is 5.91 Å². The molecule has 0 radical (unpaired) electrons. The molecule has 3 nitrogen and oxygen atoms in total. The van der Waals surface area contributed by atoms with E-state index in [-0.39, 0.29) is 11.7 Å². The Morgan fingerprint density at radius 3 is 2.56 bits per heavy atom. The van der Waals surface area contributed by atoms with Crippen LogP contribution in [0, 0.1) is 5.92 Å². The van der Waals surface area contributed by atoms with E-state index in [1.165, 1.54) is 44.9 Å². The van der Waals surface area contributed by atoms with Crippen LogP contribution in [0.3, 0.4) is 0 Å². The van der Waals surface area contributed by atoms with Crippen LogP contribution < -0.4 is 5.32 Å². The highest BCUT2D eigenvalue weighted by Crippen LogP contribution is 2.37. The van der Waals surface area contributed by atoms with Gasteiger partial charge in [0.05, 0.1) is 11.7 Å². The van der Waals surface area contributed by atoms with Gasteiger partial charge in [-0.05, 0) is 32.1 Å². The fourth-order valence-electron chi connectivity index (χ4n) is 4.24. The lowest BCUT2D eigenvalue weighted by Crippen LogP contribution is -2.44. The van der Waals surface area contributed by atoms with Gasteiger partial charge in [0.15, 0.2) is 0 Å². The highest BCUT2D eigenvalue weighted by atomic mass is 16.2. The highest BCUT2D eigenvalue weighted by Gasteiger charge is 2.50. The fourth-order valence-corrected chi connectivity index (χ4v) is 4.24. The lowest BCUT2D eigenvalue weighted by Gasteiger charge is -2.23. The minimum atomic E-state index is -0.172. The van der Waals surface area contributed by atoms with E-state index in [1.807, 2.05) is 0 Å². The van der Waals surface area contributed by atoms with E-state index in [9.17, 15) is 4.79 Å². The van der Waals surface area contributed by atoms with Crippen LogP contribution in [0.2, 0.25) is 0 Å². The zero-order chi connectivity index (χ0) is 12.6. The molecule has 102 valence electrons. The van der Waals surface area contributed by atoms with Gasteiger partial charge in [0.25, 0.3) is 0 Å². The summed E-state index contributed by atoms with van der Waals surface area (Å²) in [6.45, 7) is 3.12. The second-order valence-corrected chi connectivity index (χ2v) is 6.55. The van der Waals surface area contributed by atoms with E-state index in [0.717, 1.165) is 25.3 Å². The molecule has 0 aromatic carbocycles. The summed E-state index contributed by atoms with van der Waals surface area (Å²) in [6.07, 6.45) is 11.6. The summed E-state index contributed by atoms with van der Waals surface area (Å²) in [5, 5.41) is 3.58. The monoisotopic (exact) mass is 250 g/mol. The van der Waals surface area contributed by atoms with Crippen molar-refractivity contribution < 1.29 is 4.79 Å². The minimum Gasteiger partial charge on any atom is -0.326 e. The molecule has 18 heavy (non-hydrogen) atoms. The normalized spacial score (nSPS) is 31.9. The largest absolute Gasteiger partial charge is 0.326 e. The molecule has 0 aromatic rings. The molecule has 1 amide bonds. The van der Waals surface area contributed by atoms with Gasteiger partial charge in [0.2, 0.25) is 5.91 Å². The van der Waals surface area contributed by atoms with Crippen LogP contribution in [0.5, 0.6) is 0 Å². The van der Waals surface area contributed by atoms with Crippen molar-refractivity contribution in [3.63, 3.8) is 0 Å². The Bertz CT molecular complexity index is 316. The van der Waals surface area contributed by atoms with Crippen molar-refractivity contribution in [3.8, 4) is 0 Å². The van der Waals surface area contributed by atoms with E-state index in [1.54, 1.807) is 0 Å². The molecule has 1 heterocycles. The van der Waals surface area contributed by atoms with Gasteiger partial charge in [-0.3, -0.25) is 10.1 Å². The van der Waals surface area contributed by atoms with Gasteiger partial charge in [-0.15, -0.1) is 0 Å². The molecular weight excluding hydrogens is 224 g/mol. The summed E-state index contributed by atoms with van der Waals surface area (Å²) >= 11 is 0. The molecule has 0 aromatic heterocycles. The number of hydrogen-bond acceptors (Lipinski definition) is 2. The third kappa shape index (κ3) is 2.07. The van der Waals surface area contributed by atoms with Crippen molar-refractivity contribution >= 4 is 5.91 Å². The molecule has 1 spiro atoms. The predicted octanol–water partition coefficient (Wildman–Crippen LogP) is 2.66. The van der Waals surface area contributed by atoms with Crippen molar-refractivity contribution in [1.29, 1.82) is 0 Å². The number of amides is 1. The Kier molecular flexibility index (Phi) is 3.35. The van der Waals surface area contributed by atoms with Gasteiger partial charge in [-0.2, -0.15) is 0 Å². The van der Waals surface area contributed by atoms with Crippen LogP contribution in [-0.4, -0.2) is 29.1 Å². The summed E-state index contributed by atoms with van der Waals surface area (Å²) in [6, 6.07) is 0. The summed E-state index contributed by atoms with van der Waals surface area (Å²) in [7, 11) is 0. The molecule has 0 bridgehead atoms. The van der Waals surface area contributed by atoms with Crippen molar-refractivity contribution in [2.75, 3.05) is 6.54 Å². The molecule has 3 aliphatic rings. The first-order valence-corrected chi connectivity index (χ1v) is 7.80. The van der Waals surface area contributed by atoms with Crippen molar-refractivity contribution in [1.82, 2.24) is 10.2 Å². The number of nitrogens with one attached hydrogen (secondary N) is 1. The van der Waals surface area contributed by atoms with E-state index in [2.05, 4.69) is 17.1 Å².